The molecular weight excluding hydrogens is 416 g/mol. The number of hydrogen-bond donors (Lipinski definition) is 2. The molecule has 0 aliphatic rings. The van der Waals surface area contributed by atoms with E-state index in [2.05, 4.69) is 32.1 Å². The molecule has 144 valence electrons. The van der Waals surface area contributed by atoms with Crippen LogP contribution in [0.3, 0.4) is 0 Å². The van der Waals surface area contributed by atoms with Crippen molar-refractivity contribution in [2.75, 3.05) is 12.8 Å². The number of benzene rings is 1. The first-order valence-electron chi connectivity index (χ1n) is 8.37. The van der Waals surface area contributed by atoms with Crippen LogP contribution in [0.5, 0.6) is 5.75 Å². The normalized spacial score (nSPS) is 11.3. The number of fused-ring (bicyclic) bond motifs is 1. The number of methoxy groups -OCH3 is 1. The number of nitrogens with two attached hydrogens (primary N) is 1. The number of hydrogen-bond acceptors (Lipinski definition) is 8. The summed E-state index contributed by atoms with van der Waals surface area (Å²) in [6, 6.07) is 5.35. The third-order valence-corrected chi connectivity index (χ3v) is 6.49. The van der Waals surface area contributed by atoms with Gasteiger partial charge < -0.3 is 10.5 Å². The number of aromatic nitrogens is 5. The van der Waals surface area contributed by atoms with Crippen LogP contribution in [-0.2, 0) is 5.75 Å². The minimum absolute atomic E-state index is 0.514. The van der Waals surface area contributed by atoms with Gasteiger partial charge in [-0.3, -0.25) is 5.10 Å². The Bertz CT molecular complexity index is 1170. The summed E-state index contributed by atoms with van der Waals surface area (Å²) in [5, 5.41) is 9.31. The fourth-order valence-electron chi connectivity index (χ4n) is 2.82. The Morgan fingerprint density at radius 1 is 1.25 bits per heavy atom. The highest BCUT2D eigenvalue weighted by atomic mass is 35.5. The van der Waals surface area contributed by atoms with Crippen LogP contribution in [-0.4, -0.2) is 32.3 Å². The number of H-pyrrole nitrogens is 1. The maximum atomic E-state index is 6.15. The van der Waals surface area contributed by atoms with Crippen LogP contribution in [0.2, 0.25) is 5.02 Å². The van der Waals surface area contributed by atoms with E-state index >= 15 is 0 Å². The Hall–Kier alpha value is -2.36. The molecule has 4 rings (SSSR count). The summed E-state index contributed by atoms with van der Waals surface area (Å²) in [5.74, 6) is 2.94. The predicted octanol–water partition coefficient (Wildman–Crippen LogP) is 4.63. The molecule has 0 atom stereocenters. The van der Waals surface area contributed by atoms with Crippen molar-refractivity contribution < 1.29 is 4.74 Å². The van der Waals surface area contributed by atoms with E-state index in [0.717, 1.165) is 21.3 Å². The van der Waals surface area contributed by atoms with E-state index in [9.17, 15) is 0 Å². The second-order valence-corrected chi connectivity index (χ2v) is 8.67. The van der Waals surface area contributed by atoms with Crippen LogP contribution >= 0.6 is 34.7 Å². The van der Waals surface area contributed by atoms with Gasteiger partial charge in [-0.15, -0.1) is 16.4 Å². The molecule has 0 amide bonds. The zero-order valence-corrected chi connectivity index (χ0v) is 17.8. The van der Waals surface area contributed by atoms with E-state index < -0.39 is 0 Å². The van der Waals surface area contributed by atoms with Crippen molar-refractivity contribution in [2.45, 2.75) is 24.8 Å². The van der Waals surface area contributed by atoms with E-state index in [4.69, 9.17) is 22.1 Å². The molecule has 3 aromatic heterocycles. The number of thiophene rings is 1. The Kier molecular flexibility index (Phi) is 5.13. The second kappa shape index (κ2) is 7.57. The SMILES string of the molecule is COc1ccc(Cl)cc1-c1nc(SCc2nc(N)c3c(C)c(C)sc3n2)n[nH]1. The van der Waals surface area contributed by atoms with Crippen LogP contribution in [0.4, 0.5) is 5.82 Å². The topological polar surface area (TPSA) is 103 Å². The van der Waals surface area contributed by atoms with Crippen LogP contribution in [0.15, 0.2) is 23.4 Å². The molecule has 0 saturated heterocycles. The monoisotopic (exact) mass is 432 g/mol. The van der Waals surface area contributed by atoms with Gasteiger partial charge in [-0.25, -0.2) is 15.0 Å². The highest BCUT2D eigenvalue weighted by Gasteiger charge is 2.15. The summed E-state index contributed by atoms with van der Waals surface area (Å²) < 4.78 is 5.37. The second-order valence-electron chi connectivity index (χ2n) is 6.09. The van der Waals surface area contributed by atoms with Crippen molar-refractivity contribution in [3.05, 3.63) is 39.5 Å². The van der Waals surface area contributed by atoms with Crippen molar-refractivity contribution in [1.29, 1.82) is 0 Å². The van der Waals surface area contributed by atoms with Crippen molar-refractivity contribution in [1.82, 2.24) is 25.1 Å². The van der Waals surface area contributed by atoms with Gasteiger partial charge in [0.05, 0.1) is 23.8 Å². The molecule has 0 spiro atoms. The number of halogens is 1. The van der Waals surface area contributed by atoms with Gasteiger partial charge in [0.25, 0.3) is 0 Å². The van der Waals surface area contributed by atoms with E-state index in [1.54, 1.807) is 36.6 Å². The van der Waals surface area contributed by atoms with Gasteiger partial charge in [-0.2, -0.15) is 0 Å². The molecule has 3 heterocycles. The van der Waals surface area contributed by atoms with Gasteiger partial charge >= 0.3 is 0 Å². The summed E-state index contributed by atoms with van der Waals surface area (Å²) >= 11 is 9.16. The summed E-state index contributed by atoms with van der Waals surface area (Å²) in [7, 11) is 1.60. The molecule has 0 bridgehead atoms. The number of ether oxygens (including phenoxy) is 1. The van der Waals surface area contributed by atoms with Crippen molar-refractivity contribution in [3.8, 4) is 17.1 Å². The van der Waals surface area contributed by atoms with Gasteiger partial charge in [0.2, 0.25) is 5.16 Å². The largest absolute Gasteiger partial charge is 0.496 e. The molecule has 10 heteroatoms. The first-order chi connectivity index (χ1) is 13.5. The summed E-state index contributed by atoms with van der Waals surface area (Å²) in [4.78, 5) is 15.7. The number of anilines is 1. The van der Waals surface area contributed by atoms with Gasteiger partial charge in [0.1, 0.15) is 22.2 Å². The highest BCUT2D eigenvalue weighted by Crippen LogP contribution is 2.34. The lowest BCUT2D eigenvalue weighted by Gasteiger charge is -2.05. The lowest BCUT2D eigenvalue weighted by atomic mass is 10.2. The highest BCUT2D eigenvalue weighted by molar-refractivity contribution is 7.98. The lowest BCUT2D eigenvalue weighted by molar-refractivity contribution is 0.416. The molecule has 0 aliphatic carbocycles. The molecule has 7 nitrogen and oxygen atoms in total. The molecule has 0 radical (unpaired) electrons. The third kappa shape index (κ3) is 3.52. The molecular formula is C18H17ClN6OS2. The first-order valence-corrected chi connectivity index (χ1v) is 10.6. The predicted molar refractivity (Wildman–Crippen MR) is 114 cm³/mol. The smallest absolute Gasteiger partial charge is 0.209 e. The van der Waals surface area contributed by atoms with Crippen molar-refractivity contribution >= 4 is 50.7 Å². The fourth-order valence-corrected chi connectivity index (χ4v) is 4.70. The molecule has 28 heavy (non-hydrogen) atoms. The number of thioether (sulfide) groups is 1. The third-order valence-electron chi connectivity index (χ3n) is 4.31. The standard InChI is InChI=1S/C18H17ClN6OS2/c1-8-9(2)28-17-14(8)15(20)21-13(22-17)7-27-18-23-16(24-25-18)11-6-10(19)4-5-12(11)26-3/h4-6H,7H2,1-3H3,(H2,20,21,22)(H,23,24,25). The molecule has 0 fully saturated rings. The molecule has 0 unspecified atom stereocenters. The number of rotatable bonds is 5. The Labute approximate surface area is 174 Å². The number of nitrogens with zero attached hydrogens (tertiary/aromatic N) is 4. The van der Waals surface area contributed by atoms with Gasteiger partial charge in [0, 0.05) is 9.90 Å². The van der Waals surface area contributed by atoms with Crippen LogP contribution in [0.25, 0.3) is 21.6 Å². The molecule has 0 saturated carbocycles. The van der Waals surface area contributed by atoms with Gasteiger partial charge in [0.15, 0.2) is 5.82 Å². The Balaban J connectivity index is 1.56. The minimum Gasteiger partial charge on any atom is -0.496 e. The number of aromatic amines is 1. The number of nitrogens with one attached hydrogen (secondary N) is 1. The maximum Gasteiger partial charge on any atom is 0.209 e. The summed E-state index contributed by atoms with van der Waals surface area (Å²) in [6.45, 7) is 4.11. The van der Waals surface area contributed by atoms with Gasteiger partial charge in [-0.1, -0.05) is 23.4 Å². The molecule has 3 N–H and O–H groups in total. The van der Waals surface area contributed by atoms with Crippen LogP contribution < -0.4 is 10.5 Å². The Morgan fingerprint density at radius 2 is 2.07 bits per heavy atom. The maximum absolute atomic E-state index is 6.15. The average Bonchev–Trinajstić information content (AvgIpc) is 3.25. The zero-order valence-electron chi connectivity index (χ0n) is 15.4. The first kappa shape index (κ1) is 19.0. The number of aryl methyl sites for hydroxylation is 2. The van der Waals surface area contributed by atoms with E-state index in [1.807, 2.05) is 6.92 Å². The van der Waals surface area contributed by atoms with Gasteiger partial charge in [-0.05, 0) is 37.6 Å². The Morgan fingerprint density at radius 3 is 2.86 bits per heavy atom. The van der Waals surface area contributed by atoms with E-state index in [-0.39, 0.29) is 0 Å². The average molecular weight is 433 g/mol. The lowest BCUT2D eigenvalue weighted by Crippen LogP contribution is -1.99. The van der Waals surface area contributed by atoms with Crippen LogP contribution in [0.1, 0.15) is 16.3 Å². The van der Waals surface area contributed by atoms with E-state index in [0.29, 0.717) is 39.1 Å². The van der Waals surface area contributed by atoms with Crippen molar-refractivity contribution in [3.63, 3.8) is 0 Å². The zero-order chi connectivity index (χ0) is 19.8. The summed E-state index contributed by atoms with van der Waals surface area (Å²) in [6.07, 6.45) is 0. The molecule has 0 aliphatic heterocycles. The fraction of sp³-hybridized carbons (Fsp3) is 0.222. The van der Waals surface area contributed by atoms with E-state index in [1.165, 1.54) is 16.6 Å². The van der Waals surface area contributed by atoms with Crippen molar-refractivity contribution in [2.24, 2.45) is 0 Å². The quantitative estimate of drug-likeness (QED) is 0.443. The van der Waals surface area contributed by atoms with Crippen LogP contribution in [0, 0.1) is 13.8 Å². The molecule has 4 aromatic rings. The number of nitrogen functional groups attached to an aromatic ring is 1. The molecule has 1 aromatic carbocycles. The summed E-state index contributed by atoms with van der Waals surface area (Å²) in [5.41, 5.74) is 8.04. The minimum atomic E-state index is 0.514.